The van der Waals surface area contributed by atoms with Gasteiger partial charge in [0.15, 0.2) is 5.78 Å². The van der Waals surface area contributed by atoms with Gasteiger partial charge < -0.3 is 14.7 Å². The Morgan fingerprint density at radius 2 is 1.55 bits per heavy atom. The number of hydrogen-bond donors (Lipinski definition) is 1. The molecule has 1 unspecified atom stereocenters. The van der Waals surface area contributed by atoms with E-state index in [2.05, 4.69) is 0 Å². The third-order valence-electron chi connectivity index (χ3n) is 5.18. The summed E-state index contributed by atoms with van der Waals surface area (Å²) in [6.45, 7) is 2.17. The molecule has 29 heavy (non-hydrogen) atoms. The van der Waals surface area contributed by atoms with Crippen LogP contribution in [0.3, 0.4) is 0 Å². The number of ether oxygens (including phenoxy) is 1. The Bertz CT molecular complexity index is 873. The molecule has 1 atom stereocenters. The summed E-state index contributed by atoms with van der Waals surface area (Å²) in [5.41, 5.74) is 1.18. The van der Waals surface area contributed by atoms with Gasteiger partial charge in [0, 0.05) is 30.1 Å². The van der Waals surface area contributed by atoms with Crippen molar-refractivity contribution in [1.82, 2.24) is 4.90 Å². The van der Waals surface area contributed by atoms with E-state index in [1.165, 1.54) is 6.92 Å². The lowest BCUT2D eigenvalue weighted by atomic mass is 9.97. The van der Waals surface area contributed by atoms with Crippen molar-refractivity contribution in [2.45, 2.75) is 45.1 Å². The van der Waals surface area contributed by atoms with E-state index in [4.69, 9.17) is 9.84 Å². The molecule has 0 bridgehead atoms. The van der Waals surface area contributed by atoms with Gasteiger partial charge in [-0.05, 0) is 81.1 Å². The number of rotatable bonds is 7. The molecule has 1 amide bonds. The number of piperidine rings is 1. The summed E-state index contributed by atoms with van der Waals surface area (Å²) in [5, 5.41) is 8.95. The number of carboxylic acid groups (broad SMARTS) is 1. The minimum Gasteiger partial charge on any atom is -0.481 e. The maximum Gasteiger partial charge on any atom is 0.303 e. The van der Waals surface area contributed by atoms with Crippen molar-refractivity contribution in [3.8, 4) is 11.5 Å². The van der Waals surface area contributed by atoms with Crippen molar-refractivity contribution in [2.75, 3.05) is 6.54 Å². The highest BCUT2D eigenvalue weighted by atomic mass is 16.5. The molecule has 1 heterocycles. The molecule has 0 aliphatic carbocycles. The number of Topliss-reactive ketones (excluding diaryl/α,β-unsaturated/α-hetero) is 1. The molecule has 3 rings (SSSR count). The summed E-state index contributed by atoms with van der Waals surface area (Å²) in [6, 6.07) is 13.8. The molecule has 0 aromatic heterocycles. The standard InChI is InChI=1S/C23H25NO5/c1-16(25)17-5-10-20(11-6-17)29-21-12-7-18(8-13-21)23(28)24-15-3-2-4-19(24)9-14-22(26)27/h5-8,10-13,19H,2-4,9,14-15H2,1H3,(H,26,27). The monoisotopic (exact) mass is 395 g/mol. The lowest BCUT2D eigenvalue weighted by molar-refractivity contribution is -0.137. The van der Waals surface area contributed by atoms with Crippen LogP contribution in [0.1, 0.15) is 59.7 Å². The minimum absolute atomic E-state index is 0.00112. The number of amides is 1. The molecule has 1 aliphatic heterocycles. The van der Waals surface area contributed by atoms with Gasteiger partial charge in [-0.15, -0.1) is 0 Å². The van der Waals surface area contributed by atoms with Gasteiger partial charge in [0.2, 0.25) is 0 Å². The minimum atomic E-state index is -0.833. The van der Waals surface area contributed by atoms with Crippen molar-refractivity contribution >= 4 is 17.7 Å². The lowest BCUT2D eigenvalue weighted by Crippen LogP contribution is -2.43. The molecule has 0 radical (unpaired) electrons. The van der Waals surface area contributed by atoms with Crippen LogP contribution >= 0.6 is 0 Å². The molecule has 1 fully saturated rings. The van der Waals surface area contributed by atoms with Crippen LogP contribution in [0.5, 0.6) is 11.5 Å². The maximum absolute atomic E-state index is 12.9. The molecule has 6 nitrogen and oxygen atoms in total. The first kappa shape index (κ1) is 20.6. The summed E-state index contributed by atoms with van der Waals surface area (Å²) >= 11 is 0. The number of carbonyl (C=O) groups excluding carboxylic acids is 2. The second kappa shape index (κ2) is 9.37. The van der Waals surface area contributed by atoms with E-state index in [1.54, 1.807) is 48.5 Å². The molecule has 2 aromatic rings. The average Bonchev–Trinajstić information content (AvgIpc) is 2.73. The Balaban J connectivity index is 1.65. The molecular weight excluding hydrogens is 370 g/mol. The van der Waals surface area contributed by atoms with Crippen molar-refractivity contribution in [3.05, 3.63) is 59.7 Å². The van der Waals surface area contributed by atoms with Gasteiger partial charge in [-0.3, -0.25) is 14.4 Å². The highest BCUT2D eigenvalue weighted by Crippen LogP contribution is 2.26. The first-order valence-corrected chi connectivity index (χ1v) is 9.86. The molecule has 1 N–H and O–H groups in total. The Morgan fingerprint density at radius 1 is 0.966 bits per heavy atom. The van der Waals surface area contributed by atoms with Crippen LogP contribution in [0.2, 0.25) is 0 Å². The van der Waals surface area contributed by atoms with Crippen molar-refractivity contribution in [3.63, 3.8) is 0 Å². The molecule has 0 spiro atoms. The van der Waals surface area contributed by atoms with E-state index in [0.717, 1.165) is 19.3 Å². The largest absolute Gasteiger partial charge is 0.481 e. The van der Waals surface area contributed by atoms with E-state index >= 15 is 0 Å². The lowest BCUT2D eigenvalue weighted by Gasteiger charge is -2.35. The Hall–Kier alpha value is -3.15. The second-order valence-electron chi connectivity index (χ2n) is 7.29. The molecular formula is C23H25NO5. The summed E-state index contributed by atoms with van der Waals surface area (Å²) < 4.78 is 5.78. The highest BCUT2D eigenvalue weighted by Gasteiger charge is 2.27. The smallest absolute Gasteiger partial charge is 0.303 e. The maximum atomic E-state index is 12.9. The van der Waals surface area contributed by atoms with E-state index in [1.807, 2.05) is 4.90 Å². The zero-order chi connectivity index (χ0) is 20.8. The van der Waals surface area contributed by atoms with Crippen LogP contribution in [0.15, 0.2) is 48.5 Å². The molecule has 152 valence electrons. The van der Waals surface area contributed by atoms with Crippen LogP contribution in [-0.2, 0) is 4.79 Å². The van der Waals surface area contributed by atoms with Crippen molar-refractivity contribution in [2.24, 2.45) is 0 Å². The van der Waals surface area contributed by atoms with E-state index in [-0.39, 0.29) is 24.2 Å². The van der Waals surface area contributed by atoms with Crippen molar-refractivity contribution in [1.29, 1.82) is 0 Å². The van der Waals surface area contributed by atoms with Crippen LogP contribution in [0.4, 0.5) is 0 Å². The summed E-state index contributed by atoms with van der Waals surface area (Å²) in [5.74, 6) is 0.300. The van der Waals surface area contributed by atoms with Gasteiger partial charge in [0.1, 0.15) is 11.5 Å². The topological polar surface area (TPSA) is 83.9 Å². The molecule has 1 saturated heterocycles. The quantitative estimate of drug-likeness (QED) is 0.696. The predicted octanol–water partition coefficient (Wildman–Crippen LogP) is 4.54. The normalized spacial score (nSPS) is 16.3. The third kappa shape index (κ3) is 5.44. The number of carboxylic acids is 1. The number of ketones is 1. The number of likely N-dealkylation sites (tertiary alicyclic amines) is 1. The SMILES string of the molecule is CC(=O)c1ccc(Oc2ccc(C(=O)N3CCCCC3CCC(=O)O)cc2)cc1. The Labute approximate surface area is 170 Å². The van der Waals surface area contributed by atoms with Crippen LogP contribution in [0.25, 0.3) is 0 Å². The van der Waals surface area contributed by atoms with Gasteiger partial charge in [-0.2, -0.15) is 0 Å². The predicted molar refractivity (Wildman–Crippen MR) is 109 cm³/mol. The third-order valence-corrected chi connectivity index (χ3v) is 5.18. The molecule has 6 heteroatoms. The Kier molecular flexibility index (Phi) is 6.65. The number of carbonyl (C=O) groups is 3. The number of hydrogen-bond acceptors (Lipinski definition) is 4. The summed E-state index contributed by atoms with van der Waals surface area (Å²) in [6.07, 6.45) is 3.36. The number of benzene rings is 2. The molecule has 2 aromatic carbocycles. The zero-order valence-electron chi connectivity index (χ0n) is 16.5. The fourth-order valence-corrected chi connectivity index (χ4v) is 3.58. The van der Waals surface area contributed by atoms with E-state index < -0.39 is 5.97 Å². The average molecular weight is 395 g/mol. The molecule has 0 saturated carbocycles. The van der Waals surface area contributed by atoms with Crippen LogP contribution < -0.4 is 4.74 Å². The van der Waals surface area contributed by atoms with Gasteiger partial charge in [0.25, 0.3) is 5.91 Å². The molecule has 1 aliphatic rings. The van der Waals surface area contributed by atoms with Gasteiger partial charge in [-0.1, -0.05) is 0 Å². The van der Waals surface area contributed by atoms with Gasteiger partial charge in [-0.25, -0.2) is 0 Å². The Morgan fingerprint density at radius 3 is 2.10 bits per heavy atom. The van der Waals surface area contributed by atoms with Gasteiger partial charge >= 0.3 is 5.97 Å². The van der Waals surface area contributed by atoms with Gasteiger partial charge in [0.05, 0.1) is 0 Å². The van der Waals surface area contributed by atoms with E-state index in [9.17, 15) is 14.4 Å². The summed E-state index contributed by atoms with van der Waals surface area (Å²) in [7, 11) is 0. The van der Waals surface area contributed by atoms with Crippen LogP contribution in [0, 0.1) is 0 Å². The summed E-state index contributed by atoms with van der Waals surface area (Å²) in [4.78, 5) is 37.0. The highest BCUT2D eigenvalue weighted by molar-refractivity contribution is 5.95. The zero-order valence-corrected chi connectivity index (χ0v) is 16.5. The fourth-order valence-electron chi connectivity index (χ4n) is 3.58. The number of nitrogens with zero attached hydrogens (tertiary/aromatic N) is 1. The van der Waals surface area contributed by atoms with Crippen LogP contribution in [-0.4, -0.2) is 40.3 Å². The fraction of sp³-hybridized carbons (Fsp3) is 0.348. The van der Waals surface area contributed by atoms with Crippen molar-refractivity contribution < 1.29 is 24.2 Å². The second-order valence-corrected chi connectivity index (χ2v) is 7.29. The first-order valence-electron chi connectivity index (χ1n) is 9.86. The first-order chi connectivity index (χ1) is 13.9. The van der Waals surface area contributed by atoms with E-state index in [0.29, 0.717) is 35.6 Å². The number of aliphatic carboxylic acids is 1.